The molecule has 0 aliphatic carbocycles. The number of nitriles is 1. The van der Waals surface area contributed by atoms with E-state index < -0.39 is 5.97 Å². The summed E-state index contributed by atoms with van der Waals surface area (Å²) in [7, 11) is 1.31. The molecular weight excluding hydrogens is 210 g/mol. The number of thioether (sulfide) groups is 1. The van der Waals surface area contributed by atoms with Crippen LogP contribution in [0.5, 0.6) is 0 Å². The van der Waals surface area contributed by atoms with Crippen molar-refractivity contribution < 1.29 is 9.53 Å². The summed E-state index contributed by atoms with van der Waals surface area (Å²) in [6, 6.07) is 7.14. The summed E-state index contributed by atoms with van der Waals surface area (Å²) in [6.45, 7) is 2.03. The molecule has 78 valence electrons. The zero-order valence-corrected chi connectivity index (χ0v) is 9.43. The van der Waals surface area contributed by atoms with Gasteiger partial charge in [0.15, 0.2) is 0 Å². The van der Waals surface area contributed by atoms with Crippen molar-refractivity contribution in [1.82, 2.24) is 0 Å². The number of carbonyl (C=O) groups is 1. The second-order valence-corrected chi connectivity index (χ2v) is 4.08. The highest BCUT2D eigenvalue weighted by atomic mass is 32.2. The van der Waals surface area contributed by atoms with Crippen molar-refractivity contribution in [3.63, 3.8) is 0 Å². The molecule has 0 unspecified atom stereocenters. The van der Waals surface area contributed by atoms with Crippen LogP contribution in [0.25, 0.3) is 0 Å². The number of carbonyl (C=O) groups excluding carboxylic acids is 1. The number of rotatable bonds is 3. The minimum absolute atomic E-state index is 0.332. The number of hydrogen-bond donors (Lipinski definition) is 0. The third-order valence-corrected chi connectivity index (χ3v) is 2.70. The number of esters is 1. The lowest BCUT2D eigenvalue weighted by Gasteiger charge is -2.04. The third kappa shape index (κ3) is 2.74. The molecule has 0 saturated heterocycles. The van der Waals surface area contributed by atoms with Gasteiger partial charge in [0.25, 0.3) is 0 Å². The van der Waals surface area contributed by atoms with Gasteiger partial charge in [0.05, 0.1) is 18.2 Å². The summed E-state index contributed by atoms with van der Waals surface area (Å²) in [6.07, 6.45) is 0. The highest BCUT2D eigenvalue weighted by Gasteiger charge is 2.12. The van der Waals surface area contributed by atoms with Gasteiger partial charge in [-0.3, -0.25) is 0 Å². The standard InChI is InChI=1S/C11H11NO2S/c1-3-15-9-5-4-8(7-12)10(6-9)11(13)14-2/h4-6H,3H2,1-2H3. The second-order valence-electron chi connectivity index (χ2n) is 2.74. The highest BCUT2D eigenvalue weighted by Crippen LogP contribution is 2.21. The average molecular weight is 221 g/mol. The molecule has 0 aromatic heterocycles. The minimum atomic E-state index is -0.467. The summed E-state index contributed by atoms with van der Waals surface area (Å²) < 4.78 is 4.61. The molecule has 1 rings (SSSR count). The first-order valence-electron chi connectivity index (χ1n) is 4.48. The molecule has 0 bridgehead atoms. The number of benzene rings is 1. The van der Waals surface area contributed by atoms with Gasteiger partial charge >= 0.3 is 5.97 Å². The summed E-state index contributed by atoms with van der Waals surface area (Å²) in [5.74, 6) is 0.456. The van der Waals surface area contributed by atoms with E-state index in [-0.39, 0.29) is 0 Å². The molecular formula is C11H11NO2S. The highest BCUT2D eigenvalue weighted by molar-refractivity contribution is 7.99. The van der Waals surface area contributed by atoms with E-state index >= 15 is 0 Å². The van der Waals surface area contributed by atoms with Crippen LogP contribution < -0.4 is 0 Å². The van der Waals surface area contributed by atoms with Gasteiger partial charge in [-0.1, -0.05) is 6.92 Å². The van der Waals surface area contributed by atoms with E-state index in [1.54, 1.807) is 23.9 Å². The van der Waals surface area contributed by atoms with Crippen LogP contribution in [0.2, 0.25) is 0 Å². The summed E-state index contributed by atoms with van der Waals surface area (Å²) in [5.41, 5.74) is 0.681. The van der Waals surface area contributed by atoms with E-state index in [9.17, 15) is 4.79 Å². The van der Waals surface area contributed by atoms with Crippen molar-refractivity contribution in [3.8, 4) is 6.07 Å². The fourth-order valence-electron chi connectivity index (χ4n) is 1.16. The van der Waals surface area contributed by atoms with Gasteiger partial charge in [0.1, 0.15) is 6.07 Å². The van der Waals surface area contributed by atoms with Crippen LogP contribution in [0.3, 0.4) is 0 Å². The SMILES string of the molecule is CCSc1ccc(C#N)c(C(=O)OC)c1. The molecule has 0 N–H and O–H groups in total. The molecule has 1 aromatic rings. The molecule has 0 spiro atoms. The summed E-state index contributed by atoms with van der Waals surface area (Å²) in [4.78, 5) is 12.3. The average Bonchev–Trinajstić information content (AvgIpc) is 2.28. The van der Waals surface area contributed by atoms with Crippen LogP contribution in [-0.4, -0.2) is 18.8 Å². The van der Waals surface area contributed by atoms with Crippen molar-refractivity contribution in [2.24, 2.45) is 0 Å². The monoisotopic (exact) mass is 221 g/mol. The summed E-state index contributed by atoms with van der Waals surface area (Å²) in [5, 5.41) is 8.82. The predicted octanol–water partition coefficient (Wildman–Crippen LogP) is 2.46. The Morgan fingerprint density at radius 1 is 1.60 bits per heavy atom. The van der Waals surface area contributed by atoms with E-state index in [1.807, 2.05) is 19.1 Å². The van der Waals surface area contributed by atoms with E-state index in [1.165, 1.54) is 7.11 Å². The van der Waals surface area contributed by atoms with Gasteiger partial charge in [-0.05, 0) is 24.0 Å². The van der Waals surface area contributed by atoms with Gasteiger partial charge in [-0.15, -0.1) is 11.8 Å². The third-order valence-electron chi connectivity index (χ3n) is 1.83. The van der Waals surface area contributed by atoms with Crippen LogP contribution >= 0.6 is 11.8 Å². The Morgan fingerprint density at radius 2 is 2.33 bits per heavy atom. The fourth-order valence-corrected chi connectivity index (χ4v) is 1.85. The topological polar surface area (TPSA) is 50.1 Å². The first-order valence-corrected chi connectivity index (χ1v) is 5.46. The van der Waals surface area contributed by atoms with Crippen molar-refractivity contribution in [2.45, 2.75) is 11.8 Å². The maximum atomic E-state index is 11.4. The number of methoxy groups -OCH3 is 1. The first kappa shape index (κ1) is 11.6. The molecule has 15 heavy (non-hydrogen) atoms. The Bertz CT molecular complexity index is 410. The Hall–Kier alpha value is -1.47. The largest absolute Gasteiger partial charge is 0.465 e. The van der Waals surface area contributed by atoms with Crippen molar-refractivity contribution in [2.75, 3.05) is 12.9 Å². The molecule has 0 aliphatic rings. The maximum Gasteiger partial charge on any atom is 0.339 e. The van der Waals surface area contributed by atoms with E-state index in [0.29, 0.717) is 11.1 Å². The predicted molar refractivity (Wildman–Crippen MR) is 58.9 cm³/mol. The Kier molecular flexibility index (Phi) is 4.19. The van der Waals surface area contributed by atoms with Crippen LogP contribution in [0.4, 0.5) is 0 Å². The van der Waals surface area contributed by atoms with Gasteiger partial charge in [0, 0.05) is 4.90 Å². The van der Waals surface area contributed by atoms with Crippen LogP contribution in [0.15, 0.2) is 23.1 Å². The van der Waals surface area contributed by atoms with E-state index in [4.69, 9.17) is 5.26 Å². The number of nitrogens with zero attached hydrogens (tertiary/aromatic N) is 1. The Morgan fingerprint density at radius 3 is 2.87 bits per heavy atom. The lowest BCUT2D eigenvalue weighted by molar-refractivity contribution is 0.0600. The van der Waals surface area contributed by atoms with E-state index in [0.717, 1.165) is 10.6 Å². The minimum Gasteiger partial charge on any atom is -0.465 e. The number of ether oxygens (including phenoxy) is 1. The lowest BCUT2D eigenvalue weighted by Crippen LogP contribution is -2.04. The van der Waals surface area contributed by atoms with Gasteiger partial charge in [-0.2, -0.15) is 5.26 Å². The molecule has 0 amide bonds. The van der Waals surface area contributed by atoms with Crippen LogP contribution in [-0.2, 0) is 4.74 Å². The van der Waals surface area contributed by atoms with Crippen LogP contribution in [0, 0.1) is 11.3 Å². The van der Waals surface area contributed by atoms with Crippen molar-refractivity contribution in [1.29, 1.82) is 5.26 Å². The molecule has 3 nitrogen and oxygen atoms in total. The van der Waals surface area contributed by atoms with Crippen molar-refractivity contribution in [3.05, 3.63) is 29.3 Å². The molecule has 0 fully saturated rings. The normalized spacial score (nSPS) is 9.40. The molecule has 0 aliphatic heterocycles. The summed E-state index contributed by atoms with van der Waals surface area (Å²) >= 11 is 1.62. The Balaban J connectivity index is 3.14. The Labute approximate surface area is 93.0 Å². The molecule has 1 aromatic carbocycles. The van der Waals surface area contributed by atoms with Gasteiger partial charge < -0.3 is 4.74 Å². The van der Waals surface area contributed by atoms with Crippen molar-refractivity contribution >= 4 is 17.7 Å². The first-order chi connectivity index (χ1) is 7.22. The maximum absolute atomic E-state index is 11.4. The second kappa shape index (κ2) is 5.42. The zero-order valence-electron chi connectivity index (χ0n) is 8.61. The van der Waals surface area contributed by atoms with Gasteiger partial charge in [0.2, 0.25) is 0 Å². The lowest BCUT2D eigenvalue weighted by atomic mass is 10.1. The molecule has 0 heterocycles. The van der Waals surface area contributed by atoms with Crippen LogP contribution in [0.1, 0.15) is 22.8 Å². The van der Waals surface area contributed by atoms with Gasteiger partial charge in [-0.25, -0.2) is 4.79 Å². The molecule has 0 radical (unpaired) electrons. The zero-order chi connectivity index (χ0) is 11.3. The quantitative estimate of drug-likeness (QED) is 0.581. The smallest absolute Gasteiger partial charge is 0.339 e. The number of hydrogen-bond acceptors (Lipinski definition) is 4. The van der Waals surface area contributed by atoms with E-state index in [2.05, 4.69) is 4.74 Å². The molecule has 0 saturated carbocycles. The molecule has 0 atom stereocenters. The fraction of sp³-hybridized carbons (Fsp3) is 0.273. The molecule has 4 heteroatoms.